The minimum absolute atomic E-state index is 0.0938. The quantitative estimate of drug-likeness (QED) is 0.842. The van der Waals surface area contributed by atoms with Crippen LogP contribution < -0.4 is 10.6 Å². The molecular weight excluding hydrogens is 297 g/mol. The van der Waals surface area contributed by atoms with Crippen LogP contribution in [-0.4, -0.2) is 43.0 Å². The highest BCUT2D eigenvalue weighted by Gasteiger charge is 2.15. The second-order valence-electron chi connectivity index (χ2n) is 5.72. The van der Waals surface area contributed by atoms with E-state index in [1.165, 1.54) is 12.5 Å². The molecule has 1 aromatic rings. The smallest absolute Gasteiger partial charge is 0.314 e. The van der Waals surface area contributed by atoms with Crippen molar-refractivity contribution in [2.24, 2.45) is 0 Å². The molecule has 23 heavy (non-hydrogen) atoms. The Bertz CT molecular complexity index is 530. The lowest BCUT2D eigenvalue weighted by molar-refractivity contribution is -0.131. The van der Waals surface area contributed by atoms with Crippen molar-refractivity contribution in [2.45, 2.75) is 32.1 Å². The van der Waals surface area contributed by atoms with Gasteiger partial charge in [0.1, 0.15) is 5.82 Å². The van der Waals surface area contributed by atoms with Crippen LogP contribution in [0.2, 0.25) is 0 Å². The molecule has 1 fully saturated rings. The van der Waals surface area contributed by atoms with Gasteiger partial charge in [-0.15, -0.1) is 0 Å². The lowest BCUT2D eigenvalue weighted by Crippen LogP contribution is -2.40. The van der Waals surface area contributed by atoms with E-state index in [1.54, 1.807) is 18.2 Å². The van der Waals surface area contributed by atoms with Gasteiger partial charge in [0.2, 0.25) is 5.91 Å². The van der Waals surface area contributed by atoms with Crippen LogP contribution >= 0.6 is 0 Å². The van der Waals surface area contributed by atoms with Gasteiger partial charge in [0.05, 0.1) is 0 Å². The lowest BCUT2D eigenvalue weighted by Gasteiger charge is -2.26. The van der Waals surface area contributed by atoms with Gasteiger partial charge in [-0.25, -0.2) is 9.18 Å². The standard InChI is InChI=1S/C17H24FN3O2/c18-15-7-3-2-6-14(15)8-10-19-17(23)20-11-9-16(22)21-12-4-1-5-13-21/h2-3,6-7H,1,4-5,8-13H2,(H2,19,20,23). The van der Waals surface area contributed by atoms with Crippen molar-refractivity contribution in [2.75, 3.05) is 26.2 Å². The summed E-state index contributed by atoms with van der Waals surface area (Å²) >= 11 is 0. The molecule has 0 spiro atoms. The zero-order valence-electron chi connectivity index (χ0n) is 13.3. The van der Waals surface area contributed by atoms with Crippen molar-refractivity contribution in [1.82, 2.24) is 15.5 Å². The van der Waals surface area contributed by atoms with Gasteiger partial charge in [-0.05, 0) is 37.3 Å². The SMILES string of the molecule is O=C(NCCC(=O)N1CCCCC1)NCCc1ccccc1F. The van der Waals surface area contributed by atoms with Gasteiger partial charge < -0.3 is 15.5 Å². The van der Waals surface area contributed by atoms with E-state index in [4.69, 9.17) is 0 Å². The highest BCUT2D eigenvalue weighted by molar-refractivity contribution is 5.78. The normalized spacial score (nSPS) is 14.4. The van der Waals surface area contributed by atoms with Crippen molar-refractivity contribution < 1.29 is 14.0 Å². The number of hydrogen-bond donors (Lipinski definition) is 2. The Labute approximate surface area is 136 Å². The zero-order valence-corrected chi connectivity index (χ0v) is 13.3. The molecule has 1 aliphatic rings. The van der Waals surface area contributed by atoms with E-state index >= 15 is 0 Å². The van der Waals surface area contributed by atoms with Crippen molar-refractivity contribution in [3.63, 3.8) is 0 Å². The third kappa shape index (κ3) is 5.88. The van der Waals surface area contributed by atoms with Crippen LogP contribution in [0.4, 0.5) is 9.18 Å². The minimum Gasteiger partial charge on any atom is -0.343 e. The van der Waals surface area contributed by atoms with Crippen molar-refractivity contribution >= 4 is 11.9 Å². The maximum Gasteiger partial charge on any atom is 0.314 e. The monoisotopic (exact) mass is 321 g/mol. The molecule has 0 bridgehead atoms. The molecule has 6 heteroatoms. The number of piperidine rings is 1. The third-order valence-electron chi connectivity index (χ3n) is 3.97. The number of carbonyl (C=O) groups excluding carboxylic acids is 2. The first-order valence-corrected chi connectivity index (χ1v) is 8.19. The summed E-state index contributed by atoms with van der Waals surface area (Å²) in [5.74, 6) is -0.168. The van der Waals surface area contributed by atoms with Crippen LogP contribution in [0, 0.1) is 5.82 Å². The zero-order chi connectivity index (χ0) is 16.5. The summed E-state index contributed by atoms with van der Waals surface area (Å²) < 4.78 is 13.4. The molecule has 1 saturated heterocycles. The number of nitrogens with zero attached hydrogens (tertiary/aromatic N) is 1. The van der Waals surface area contributed by atoms with Crippen LogP contribution in [-0.2, 0) is 11.2 Å². The van der Waals surface area contributed by atoms with E-state index in [0.29, 0.717) is 31.5 Å². The summed E-state index contributed by atoms with van der Waals surface area (Å²) in [5, 5.41) is 5.33. The number of hydrogen-bond acceptors (Lipinski definition) is 2. The summed E-state index contributed by atoms with van der Waals surface area (Å²) in [5.41, 5.74) is 0.577. The fourth-order valence-electron chi connectivity index (χ4n) is 2.66. The number of halogens is 1. The molecule has 2 rings (SSSR count). The number of benzene rings is 1. The number of amides is 3. The van der Waals surface area contributed by atoms with Gasteiger partial charge in [0.15, 0.2) is 0 Å². The van der Waals surface area contributed by atoms with Crippen molar-refractivity contribution in [3.05, 3.63) is 35.6 Å². The molecule has 1 aromatic carbocycles. The lowest BCUT2D eigenvalue weighted by atomic mass is 10.1. The van der Waals surface area contributed by atoms with Gasteiger partial charge in [0.25, 0.3) is 0 Å². The summed E-state index contributed by atoms with van der Waals surface area (Å²) in [6.07, 6.45) is 4.07. The highest BCUT2D eigenvalue weighted by Crippen LogP contribution is 2.09. The molecule has 5 nitrogen and oxygen atoms in total. The molecule has 1 aliphatic heterocycles. The number of nitrogens with one attached hydrogen (secondary N) is 2. The first-order chi connectivity index (χ1) is 11.2. The van der Waals surface area contributed by atoms with Crippen molar-refractivity contribution in [3.8, 4) is 0 Å². The Morgan fingerprint density at radius 1 is 1.04 bits per heavy atom. The molecule has 0 aliphatic carbocycles. The van der Waals surface area contributed by atoms with Gasteiger partial charge in [-0.3, -0.25) is 4.79 Å². The van der Waals surface area contributed by atoms with Crippen LogP contribution in [0.15, 0.2) is 24.3 Å². The Morgan fingerprint density at radius 2 is 1.74 bits per heavy atom. The average molecular weight is 321 g/mol. The summed E-state index contributed by atoms with van der Waals surface area (Å²) in [4.78, 5) is 25.4. The van der Waals surface area contributed by atoms with Gasteiger partial charge >= 0.3 is 6.03 Å². The molecule has 126 valence electrons. The fraction of sp³-hybridized carbons (Fsp3) is 0.529. The van der Waals surface area contributed by atoms with Gasteiger partial charge in [0, 0.05) is 32.6 Å². The topological polar surface area (TPSA) is 61.4 Å². The molecule has 3 amide bonds. The summed E-state index contributed by atoms with van der Waals surface area (Å²) in [6.45, 7) is 2.33. The van der Waals surface area contributed by atoms with Gasteiger partial charge in [-0.1, -0.05) is 18.2 Å². The van der Waals surface area contributed by atoms with Gasteiger partial charge in [-0.2, -0.15) is 0 Å². The number of carbonyl (C=O) groups is 2. The summed E-state index contributed by atoms with van der Waals surface area (Å²) in [6, 6.07) is 6.18. The maximum atomic E-state index is 13.4. The molecule has 0 atom stereocenters. The highest BCUT2D eigenvalue weighted by atomic mass is 19.1. The first kappa shape index (κ1) is 17.2. The Kier molecular flexibility index (Phi) is 6.84. The molecule has 0 aromatic heterocycles. The van der Waals surface area contributed by atoms with Crippen LogP contribution in [0.3, 0.4) is 0 Å². The number of likely N-dealkylation sites (tertiary alicyclic amines) is 1. The largest absolute Gasteiger partial charge is 0.343 e. The van der Waals surface area contributed by atoms with E-state index in [9.17, 15) is 14.0 Å². The predicted octanol–water partition coefficient (Wildman–Crippen LogP) is 2.07. The van der Waals surface area contributed by atoms with E-state index in [0.717, 1.165) is 25.9 Å². The molecule has 0 saturated carbocycles. The first-order valence-electron chi connectivity index (χ1n) is 8.19. The van der Waals surface area contributed by atoms with Crippen LogP contribution in [0.5, 0.6) is 0 Å². The molecular formula is C17H24FN3O2. The number of rotatable bonds is 6. The fourth-order valence-corrected chi connectivity index (χ4v) is 2.66. The van der Waals surface area contributed by atoms with E-state index in [-0.39, 0.29) is 17.8 Å². The van der Waals surface area contributed by atoms with Crippen LogP contribution in [0.25, 0.3) is 0 Å². The van der Waals surface area contributed by atoms with E-state index < -0.39 is 0 Å². The molecule has 2 N–H and O–H groups in total. The third-order valence-corrected chi connectivity index (χ3v) is 3.97. The number of urea groups is 1. The molecule has 0 unspecified atom stereocenters. The maximum absolute atomic E-state index is 13.4. The second-order valence-corrected chi connectivity index (χ2v) is 5.72. The van der Waals surface area contributed by atoms with Crippen LogP contribution in [0.1, 0.15) is 31.2 Å². The average Bonchev–Trinajstić information content (AvgIpc) is 2.57. The van der Waals surface area contributed by atoms with E-state index in [2.05, 4.69) is 10.6 Å². The Hall–Kier alpha value is -2.11. The Morgan fingerprint density at radius 3 is 2.48 bits per heavy atom. The predicted molar refractivity (Wildman–Crippen MR) is 86.6 cm³/mol. The van der Waals surface area contributed by atoms with Crippen molar-refractivity contribution in [1.29, 1.82) is 0 Å². The Balaban J connectivity index is 1.58. The van der Waals surface area contributed by atoms with E-state index in [1.807, 2.05) is 4.90 Å². The minimum atomic E-state index is -0.326. The summed E-state index contributed by atoms with van der Waals surface area (Å²) in [7, 11) is 0. The molecule has 0 radical (unpaired) electrons. The second kappa shape index (κ2) is 9.12. The molecule has 1 heterocycles.